The quantitative estimate of drug-likeness (QED) is 0.574. The topological polar surface area (TPSA) is 82.6 Å². The van der Waals surface area contributed by atoms with Crippen LogP contribution in [0.5, 0.6) is 0 Å². The van der Waals surface area contributed by atoms with Crippen LogP contribution >= 0.6 is 11.3 Å². The molecule has 1 aliphatic rings. The summed E-state index contributed by atoms with van der Waals surface area (Å²) in [7, 11) is -3.45. The van der Waals surface area contributed by atoms with Crippen molar-refractivity contribution in [3.8, 4) is 11.1 Å². The van der Waals surface area contributed by atoms with Crippen molar-refractivity contribution in [2.45, 2.75) is 6.92 Å². The lowest BCUT2D eigenvalue weighted by Gasteiger charge is -2.34. The zero-order chi connectivity index (χ0) is 22.6. The van der Waals surface area contributed by atoms with Crippen LogP contribution in [0.3, 0.4) is 0 Å². The highest BCUT2D eigenvalue weighted by molar-refractivity contribution is 7.89. The Morgan fingerprint density at radius 1 is 1.06 bits per heavy atom. The molecule has 2 aromatic heterocycles. The van der Waals surface area contributed by atoms with Crippen LogP contribution < -0.4 is 10.2 Å². The molecule has 168 valence electrons. The van der Waals surface area contributed by atoms with E-state index in [0.29, 0.717) is 31.1 Å². The lowest BCUT2D eigenvalue weighted by Crippen LogP contribution is -2.50. The van der Waals surface area contributed by atoms with Gasteiger partial charge in [0.25, 0.3) is 5.91 Å². The average Bonchev–Trinajstić information content (AvgIpc) is 3.30. The zero-order valence-electron chi connectivity index (χ0n) is 17.9. The van der Waals surface area contributed by atoms with Gasteiger partial charge in [0.1, 0.15) is 5.82 Å². The van der Waals surface area contributed by atoms with E-state index in [1.165, 1.54) is 15.6 Å². The minimum atomic E-state index is -3.45. The van der Waals surface area contributed by atoms with Gasteiger partial charge in [-0.2, -0.15) is 4.31 Å². The highest BCUT2D eigenvalue weighted by atomic mass is 32.2. The first-order chi connectivity index (χ1) is 15.4. The molecule has 0 atom stereocenters. The molecule has 0 saturated carbocycles. The predicted octanol–water partition coefficient (Wildman–Crippen LogP) is 3.00. The van der Waals surface area contributed by atoms with Gasteiger partial charge in [-0.15, -0.1) is 11.3 Å². The Morgan fingerprint density at radius 2 is 1.81 bits per heavy atom. The van der Waals surface area contributed by atoms with Crippen LogP contribution in [0, 0.1) is 6.92 Å². The van der Waals surface area contributed by atoms with Crippen molar-refractivity contribution in [3.05, 3.63) is 70.5 Å². The summed E-state index contributed by atoms with van der Waals surface area (Å²) in [5.74, 6) is 0.496. The van der Waals surface area contributed by atoms with Gasteiger partial charge in [0.2, 0.25) is 10.0 Å². The first kappa shape index (κ1) is 22.4. The molecule has 1 aliphatic heterocycles. The number of rotatable bonds is 7. The number of hydrogen-bond donors (Lipinski definition) is 1. The van der Waals surface area contributed by atoms with Gasteiger partial charge in [-0.25, -0.2) is 13.4 Å². The lowest BCUT2D eigenvalue weighted by molar-refractivity contribution is 0.0960. The van der Waals surface area contributed by atoms with Crippen LogP contribution in [0.4, 0.5) is 5.82 Å². The molecule has 3 aromatic rings. The fraction of sp³-hybridized carbons (Fsp3) is 0.304. The van der Waals surface area contributed by atoms with Crippen LogP contribution in [0.1, 0.15) is 15.2 Å². The molecule has 0 radical (unpaired) electrons. The van der Waals surface area contributed by atoms with E-state index in [-0.39, 0.29) is 18.2 Å². The number of aromatic nitrogens is 1. The Hall–Kier alpha value is -2.75. The number of anilines is 1. The fourth-order valence-electron chi connectivity index (χ4n) is 3.68. The summed E-state index contributed by atoms with van der Waals surface area (Å²) < 4.78 is 27.0. The first-order valence-corrected chi connectivity index (χ1v) is 13.0. The second-order valence-electron chi connectivity index (χ2n) is 7.68. The minimum Gasteiger partial charge on any atom is -0.354 e. The van der Waals surface area contributed by atoms with Crippen molar-refractivity contribution in [1.82, 2.24) is 14.6 Å². The third-order valence-corrected chi connectivity index (χ3v) is 8.27. The Labute approximate surface area is 192 Å². The molecule has 4 rings (SSSR count). The molecule has 7 nitrogen and oxygen atoms in total. The Kier molecular flexibility index (Phi) is 6.88. The van der Waals surface area contributed by atoms with E-state index in [0.717, 1.165) is 22.5 Å². The number of hydrogen-bond acceptors (Lipinski definition) is 6. The number of piperazine rings is 1. The van der Waals surface area contributed by atoms with E-state index in [9.17, 15) is 13.2 Å². The van der Waals surface area contributed by atoms with Crippen LogP contribution in [0.25, 0.3) is 11.1 Å². The van der Waals surface area contributed by atoms with Gasteiger partial charge < -0.3 is 10.2 Å². The summed E-state index contributed by atoms with van der Waals surface area (Å²) in [4.78, 5) is 19.7. The molecule has 1 N–H and O–H groups in total. The maximum atomic E-state index is 12.8. The van der Waals surface area contributed by atoms with E-state index in [2.05, 4.69) is 15.2 Å². The minimum absolute atomic E-state index is 0.0762. The monoisotopic (exact) mass is 470 g/mol. The number of amides is 1. The smallest absolute Gasteiger partial charge is 0.262 e. The normalized spacial score (nSPS) is 15.0. The summed E-state index contributed by atoms with van der Waals surface area (Å²) in [6.07, 6.45) is 1.74. The highest BCUT2D eigenvalue weighted by Gasteiger charge is 2.27. The summed E-state index contributed by atoms with van der Waals surface area (Å²) in [5, 5.41) is 4.66. The van der Waals surface area contributed by atoms with E-state index >= 15 is 0 Å². The van der Waals surface area contributed by atoms with Gasteiger partial charge in [0, 0.05) is 44.5 Å². The van der Waals surface area contributed by atoms with E-state index < -0.39 is 10.0 Å². The highest BCUT2D eigenvalue weighted by Crippen LogP contribution is 2.28. The molecule has 1 saturated heterocycles. The van der Waals surface area contributed by atoms with E-state index in [4.69, 9.17) is 0 Å². The van der Waals surface area contributed by atoms with Gasteiger partial charge in [-0.05, 0) is 36.1 Å². The second kappa shape index (κ2) is 9.81. The maximum absolute atomic E-state index is 12.8. The molecule has 3 heterocycles. The van der Waals surface area contributed by atoms with Crippen molar-refractivity contribution >= 4 is 33.1 Å². The number of carbonyl (C=O) groups excluding carboxylic acids is 1. The Morgan fingerprint density at radius 3 is 2.50 bits per heavy atom. The maximum Gasteiger partial charge on any atom is 0.262 e. The number of pyridine rings is 1. The predicted molar refractivity (Wildman–Crippen MR) is 129 cm³/mol. The van der Waals surface area contributed by atoms with Crippen molar-refractivity contribution in [2.75, 3.05) is 43.4 Å². The van der Waals surface area contributed by atoms with Gasteiger partial charge in [-0.1, -0.05) is 35.9 Å². The molecule has 1 aromatic carbocycles. The standard InChI is InChI=1S/C23H26N4O3S2/c1-18-5-7-19(8-6-18)20-9-16-31-22(20)23(28)25-11-17-32(29,30)27-14-12-26(13-15-27)21-4-2-3-10-24-21/h2-10,16H,11-15,17H2,1H3,(H,25,28). The zero-order valence-corrected chi connectivity index (χ0v) is 19.5. The van der Waals surface area contributed by atoms with Crippen LogP contribution in [-0.2, 0) is 10.0 Å². The van der Waals surface area contributed by atoms with Crippen molar-refractivity contribution in [2.24, 2.45) is 0 Å². The largest absolute Gasteiger partial charge is 0.354 e. The molecule has 0 unspecified atom stereocenters. The number of sulfonamides is 1. The molecule has 32 heavy (non-hydrogen) atoms. The third-order valence-electron chi connectivity index (χ3n) is 5.48. The fourth-order valence-corrected chi connectivity index (χ4v) is 5.85. The number of aryl methyl sites for hydroxylation is 1. The third kappa shape index (κ3) is 5.17. The summed E-state index contributed by atoms with van der Waals surface area (Å²) in [6.45, 7) is 4.11. The van der Waals surface area contributed by atoms with Crippen molar-refractivity contribution in [3.63, 3.8) is 0 Å². The summed E-state index contributed by atoms with van der Waals surface area (Å²) in [6, 6.07) is 15.6. The van der Waals surface area contributed by atoms with Crippen molar-refractivity contribution < 1.29 is 13.2 Å². The second-order valence-corrected chi connectivity index (χ2v) is 10.7. The first-order valence-electron chi connectivity index (χ1n) is 10.5. The van der Waals surface area contributed by atoms with Crippen LogP contribution in [0.15, 0.2) is 60.1 Å². The number of nitrogens with one attached hydrogen (secondary N) is 1. The van der Waals surface area contributed by atoms with Gasteiger partial charge in [-0.3, -0.25) is 4.79 Å². The van der Waals surface area contributed by atoms with Crippen LogP contribution in [0.2, 0.25) is 0 Å². The van der Waals surface area contributed by atoms with Gasteiger partial charge in [0.15, 0.2) is 0 Å². The molecular formula is C23H26N4O3S2. The molecule has 1 fully saturated rings. The Bertz CT molecular complexity index is 1150. The number of carbonyl (C=O) groups is 1. The molecule has 1 amide bonds. The van der Waals surface area contributed by atoms with Gasteiger partial charge in [0.05, 0.1) is 10.6 Å². The van der Waals surface area contributed by atoms with Crippen molar-refractivity contribution in [1.29, 1.82) is 0 Å². The molecule has 0 aliphatic carbocycles. The molecule has 9 heteroatoms. The van der Waals surface area contributed by atoms with E-state index in [1.807, 2.05) is 60.8 Å². The lowest BCUT2D eigenvalue weighted by atomic mass is 10.0. The number of benzene rings is 1. The van der Waals surface area contributed by atoms with Crippen LogP contribution in [-0.4, -0.2) is 62.1 Å². The van der Waals surface area contributed by atoms with E-state index in [1.54, 1.807) is 6.20 Å². The average molecular weight is 471 g/mol. The van der Waals surface area contributed by atoms with Gasteiger partial charge >= 0.3 is 0 Å². The molecule has 0 bridgehead atoms. The number of nitrogens with zero attached hydrogens (tertiary/aromatic N) is 3. The summed E-state index contributed by atoms with van der Waals surface area (Å²) in [5.41, 5.74) is 2.99. The molecular weight excluding hydrogens is 444 g/mol. The number of thiophene rings is 1. The SMILES string of the molecule is Cc1ccc(-c2ccsc2C(=O)NCCS(=O)(=O)N2CCN(c3ccccn3)CC2)cc1. The summed E-state index contributed by atoms with van der Waals surface area (Å²) >= 11 is 1.36. The molecule has 0 spiro atoms. The Balaban J connectivity index is 1.30.